The Balaban J connectivity index is 1.49. The summed E-state index contributed by atoms with van der Waals surface area (Å²) in [7, 11) is 0. The number of carbonyl (C=O) groups is 1. The molecule has 29 heavy (non-hydrogen) atoms. The van der Waals surface area contributed by atoms with Crippen LogP contribution in [0.5, 0.6) is 11.5 Å². The molecule has 1 atom stereocenters. The van der Waals surface area contributed by atoms with Gasteiger partial charge in [0.1, 0.15) is 23.0 Å². The van der Waals surface area contributed by atoms with Crippen molar-refractivity contribution in [1.29, 1.82) is 0 Å². The third-order valence-electron chi connectivity index (χ3n) is 4.74. The average molecular weight is 402 g/mol. The highest BCUT2D eigenvalue weighted by atomic mass is 16.5. The monoisotopic (exact) mass is 402 g/mol. The molecule has 158 valence electrons. The standard InChI is InChI=1S/C22H30N2O5/c1-3-12-27-18-5-7-19(8-6-18)28-16-22(25)23-15-20(21-9-4-17(2)29-21)24-10-13-26-14-11-24/h4-9,20H,3,10-16H2,1-2H3,(H,23,25). The van der Waals surface area contributed by atoms with E-state index in [0.717, 1.165) is 36.8 Å². The predicted octanol–water partition coefficient (Wildman–Crippen LogP) is 2.95. The summed E-state index contributed by atoms with van der Waals surface area (Å²) in [5, 5.41) is 2.97. The summed E-state index contributed by atoms with van der Waals surface area (Å²) < 4.78 is 22.4. The van der Waals surface area contributed by atoms with Crippen LogP contribution in [0.3, 0.4) is 0 Å². The van der Waals surface area contributed by atoms with Crippen LogP contribution in [0.15, 0.2) is 40.8 Å². The molecule has 0 spiro atoms. The van der Waals surface area contributed by atoms with E-state index in [9.17, 15) is 4.79 Å². The fourth-order valence-corrected chi connectivity index (χ4v) is 3.19. The number of carbonyl (C=O) groups excluding carboxylic acids is 1. The summed E-state index contributed by atoms with van der Waals surface area (Å²) in [5.41, 5.74) is 0. The molecular formula is C22H30N2O5. The summed E-state index contributed by atoms with van der Waals surface area (Å²) >= 11 is 0. The molecule has 1 aliphatic rings. The maximum absolute atomic E-state index is 12.3. The Morgan fingerprint density at radius 2 is 1.79 bits per heavy atom. The molecule has 7 nitrogen and oxygen atoms in total. The van der Waals surface area contributed by atoms with E-state index < -0.39 is 0 Å². The van der Waals surface area contributed by atoms with Gasteiger partial charge in [0, 0.05) is 19.6 Å². The zero-order valence-electron chi connectivity index (χ0n) is 17.2. The van der Waals surface area contributed by atoms with Crippen molar-refractivity contribution in [3.63, 3.8) is 0 Å². The van der Waals surface area contributed by atoms with Crippen molar-refractivity contribution in [2.24, 2.45) is 0 Å². The van der Waals surface area contributed by atoms with Crippen molar-refractivity contribution in [2.45, 2.75) is 26.3 Å². The number of benzene rings is 1. The highest BCUT2D eigenvalue weighted by Crippen LogP contribution is 2.23. The molecule has 3 rings (SSSR count). The van der Waals surface area contributed by atoms with E-state index in [1.54, 1.807) is 12.1 Å². The van der Waals surface area contributed by atoms with Gasteiger partial charge < -0.3 is 23.9 Å². The Hall–Kier alpha value is -2.51. The molecule has 1 amide bonds. The van der Waals surface area contributed by atoms with Gasteiger partial charge in [0.15, 0.2) is 6.61 Å². The lowest BCUT2D eigenvalue weighted by molar-refractivity contribution is -0.123. The molecule has 1 aromatic heterocycles. The zero-order valence-corrected chi connectivity index (χ0v) is 17.2. The van der Waals surface area contributed by atoms with Crippen molar-refractivity contribution >= 4 is 5.91 Å². The quantitative estimate of drug-likeness (QED) is 0.659. The second kappa shape index (κ2) is 10.9. The average Bonchev–Trinajstić information content (AvgIpc) is 3.18. The van der Waals surface area contributed by atoms with Crippen molar-refractivity contribution in [3.05, 3.63) is 47.9 Å². The SMILES string of the molecule is CCCOc1ccc(OCC(=O)NCC(c2ccc(C)o2)N2CCOCC2)cc1. The van der Waals surface area contributed by atoms with Crippen LogP contribution < -0.4 is 14.8 Å². The second-order valence-electron chi connectivity index (χ2n) is 7.03. The first-order valence-corrected chi connectivity index (χ1v) is 10.2. The molecule has 1 unspecified atom stereocenters. The zero-order chi connectivity index (χ0) is 20.5. The van der Waals surface area contributed by atoms with Gasteiger partial charge >= 0.3 is 0 Å². The largest absolute Gasteiger partial charge is 0.494 e. The number of nitrogens with one attached hydrogen (secondary N) is 1. The summed E-state index contributed by atoms with van der Waals surface area (Å²) in [4.78, 5) is 14.6. The van der Waals surface area contributed by atoms with Crippen LogP contribution >= 0.6 is 0 Å². The van der Waals surface area contributed by atoms with Gasteiger partial charge in [0.05, 0.1) is 25.9 Å². The lowest BCUT2D eigenvalue weighted by Crippen LogP contribution is -2.44. The molecule has 0 aliphatic carbocycles. The van der Waals surface area contributed by atoms with Crippen LogP contribution in [-0.2, 0) is 9.53 Å². The third-order valence-corrected chi connectivity index (χ3v) is 4.74. The number of ether oxygens (including phenoxy) is 3. The molecule has 2 heterocycles. The van der Waals surface area contributed by atoms with E-state index in [-0.39, 0.29) is 18.6 Å². The first-order valence-electron chi connectivity index (χ1n) is 10.2. The molecule has 2 aromatic rings. The summed E-state index contributed by atoms with van der Waals surface area (Å²) in [5.74, 6) is 2.98. The van der Waals surface area contributed by atoms with Gasteiger partial charge in [-0.25, -0.2) is 0 Å². The maximum Gasteiger partial charge on any atom is 0.258 e. The molecule has 0 saturated carbocycles. The Labute approximate surface area is 171 Å². The molecule has 1 N–H and O–H groups in total. The molecule has 1 aromatic carbocycles. The molecule has 1 fully saturated rings. The number of nitrogens with zero attached hydrogens (tertiary/aromatic N) is 1. The molecule has 7 heteroatoms. The summed E-state index contributed by atoms with van der Waals surface area (Å²) in [6, 6.07) is 11.2. The number of morpholine rings is 1. The predicted molar refractivity (Wildman–Crippen MR) is 109 cm³/mol. The first-order chi connectivity index (χ1) is 14.2. The number of furan rings is 1. The highest BCUT2D eigenvalue weighted by Gasteiger charge is 2.25. The first kappa shape index (κ1) is 21.2. The number of amides is 1. The van der Waals surface area contributed by atoms with Crippen LogP contribution in [0.2, 0.25) is 0 Å². The minimum atomic E-state index is -0.169. The van der Waals surface area contributed by atoms with Gasteiger partial charge in [-0.2, -0.15) is 0 Å². The number of rotatable bonds is 10. The van der Waals surface area contributed by atoms with Crippen molar-refractivity contribution in [1.82, 2.24) is 10.2 Å². The van der Waals surface area contributed by atoms with E-state index in [0.29, 0.717) is 32.1 Å². The number of hydrogen-bond acceptors (Lipinski definition) is 6. The van der Waals surface area contributed by atoms with E-state index in [4.69, 9.17) is 18.6 Å². The number of hydrogen-bond donors (Lipinski definition) is 1. The van der Waals surface area contributed by atoms with Crippen LogP contribution in [0, 0.1) is 6.92 Å². The molecule has 1 saturated heterocycles. The van der Waals surface area contributed by atoms with Crippen LogP contribution in [0.1, 0.15) is 30.9 Å². The van der Waals surface area contributed by atoms with E-state index in [1.807, 2.05) is 31.2 Å². The Morgan fingerprint density at radius 3 is 2.41 bits per heavy atom. The van der Waals surface area contributed by atoms with Crippen molar-refractivity contribution < 1.29 is 23.4 Å². The van der Waals surface area contributed by atoms with E-state index in [1.165, 1.54) is 0 Å². The van der Waals surface area contributed by atoms with Gasteiger partial charge in [-0.1, -0.05) is 6.92 Å². The van der Waals surface area contributed by atoms with Gasteiger partial charge in [-0.3, -0.25) is 9.69 Å². The summed E-state index contributed by atoms with van der Waals surface area (Å²) in [6.45, 7) is 8.07. The smallest absolute Gasteiger partial charge is 0.258 e. The van der Waals surface area contributed by atoms with Crippen LogP contribution in [0.25, 0.3) is 0 Å². The minimum Gasteiger partial charge on any atom is -0.494 e. The molecule has 1 aliphatic heterocycles. The minimum absolute atomic E-state index is 0.0217. The third kappa shape index (κ3) is 6.51. The molecular weight excluding hydrogens is 372 g/mol. The Bertz CT molecular complexity index is 753. The Kier molecular flexibility index (Phi) is 7.95. The van der Waals surface area contributed by atoms with E-state index >= 15 is 0 Å². The van der Waals surface area contributed by atoms with Crippen molar-refractivity contribution in [3.8, 4) is 11.5 Å². The summed E-state index contributed by atoms with van der Waals surface area (Å²) in [6.07, 6.45) is 0.960. The molecule has 0 radical (unpaired) electrons. The van der Waals surface area contributed by atoms with Gasteiger partial charge in [-0.05, 0) is 49.7 Å². The van der Waals surface area contributed by atoms with Gasteiger partial charge in [0.25, 0.3) is 5.91 Å². The topological polar surface area (TPSA) is 73.2 Å². The lowest BCUT2D eigenvalue weighted by atomic mass is 10.1. The number of aryl methyl sites for hydroxylation is 1. The Morgan fingerprint density at radius 1 is 1.10 bits per heavy atom. The highest BCUT2D eigenvalue weighted by molar-refractivity contribution is 5.77. The fraction of sp³-hybridized carbons (Fsp3) is 0.500. The van der Waals surface area contributed by atoms with Crippen LogP contribution in [0.4, 0.5) is 0 Å². The van der Waals surface area contributed by atoms with Crippen LogP contribution in [-0.4, -0.2) is 56.9 Å². The lowest BCUT2D eigenvalue weighted by Gasteiger charge is -2.33. The van der Waals surface area contributed by atoms with Gasteiger partial charge in [0.2, 0.25) is 0 Å². The second-order valence-corrected chi connectivity index (χ2v) is 7.03. The maximum atomic E-state index is 12.3. The fourth-order valence-electron chi connectivity index (χ4n) is 3.19. The molecule has 0 bridgehead atoms. The van der Waals surface area contributed by atoms with E-state index in [2.05, 4.69) is 17.1 Å². The normalized spacial score (nSPS) is 15.7. The van der Waals surface area contributed by atoms with Crippen molar-refractivity contribution in [2.75, 3.05) is 46.1 Å². The van der Waals surface area contributed by atoms with Gasteiger partial charge in [-0.15, -0.1) is 0 Å².